The highest BCUT2D eigenvalue weighted by Gasteiger charge is 2.19. The summed E-state index contributed by atoms with van der Waals surface area (Å²) in [4.78, 5) is 12.2. The van der Waals surface area contributed by atoms with Crippen LogP contribution < -0.4 is 10.6 Å². The van der Waals surface area contributed by atoms with E-state index in [4.69, 9.17) is 23.2 Å². The van der Waals surface area contributed by atoms with Crippen molar-refractivity contribution in [3.8, 4) is 5.69 Å². The molecular formula is C22H25Cl2N5OS. The maximum absolute atomic E-state index is 12.2. The number of hydrogen-bond donors (Lipinski definition) is 2. The Morgan fingerprint density at radius 3 is 2.61 bits per heavy atom. The molecule has 2 amide bonds. The van der Waals surface area contributed by atoms with Crippen LogP contribution in [-0.4, -0.2) is 26.3 Å². The number of aromatic nitrogens is 3. The van der Waals surface area contributed by atoms with E-state index in [2.05, 4.69) is 46.0 Å². The molecule has 3 aromatic rings. The standard InChI is InChI=1S/C22H25Cl2N5OS/c1-14-6-5-7-15(10-14)13-31-21-28-27-19(12-25-20(30)26-22(2,3)4)29(21)18-11-16(23)8-9-17(18)24/h5-11H,12-13H2,1-4H3,(H2,25,26,30). The zero-order chi connectivity index (χ0) is 22.6. The Balaban J connectivity index is 1.88. The summed E-state index contributed by atoms with van der Waals surface area (Å²) >= 11 is 14.2. The van der Waals surface area contributed by atoms with E-state index >= 15 is 0 Å². The molecule has 0 aliphatic carbocycles. The summed E-state index contributed by atoms with van der Waals surface area (Å²) < 4.78 is 1.84. The highest BCUT2D eigenvalue weighted by atomic mass is 35.5. The Bertz CT molecular complexity index is 1080. The van der Waals surface area contributed by atoms with E-state index in [-0.39, 0.29) is 18.1 Å². The van der Waals surface area contributed by atoms with Crippen LogP contribution in [0.3, 0.4) is 0 Å². The van der Waals surface area contributed by atoms with Crippen LogP contribution in [0, 0.1) is 6.92 Å². The van der Waals surface area contributed by atoms with Gasteiger partial charge >= 0.3 is 6.03 Å². The molecule has 0 unspecified atom stereocenters. The molecule has 6 nitrogen and oxygen atoms in total. The fraction of sp³-hybridized carbons (Fsp3) is 0.318. The van der Waals surface area contributed by atoms with Gasteiger partial charge in [-0.25, -0.2) is 4.79 Å². The SMILES string of the molecule is Cc1cccc(CSc2nnc(CNC(=O)NC(C)(C)C)n2-c2cc(Cl)ccc2Cl)c1. The maximum Gasteiger partial charge on any atom is 0.315 e. The minimum Gasteiger partial charge on any atom is -0.334 e. The third-order valence-corrected chi connectivity index (χ3v) is 5.75. The van der Waals surface area contributed by atoms with Crippen LogP contribution in [0.2, 0.25) is 10.0 Å². The number of rotatable bonds is 6. The predicted octanol–water partition coefficient (Wildman–Crippen LogP) is 5.77. The van der Waals surface area contributed by atoms with Gasteiger partial charge in [-0.2, -0.15) is 0 Å². The van der Waals surface area contributed by atoms with Crippen molar-refractivity contribution >= 4 is 41.0 Å². The first kappa shape index (κ1) is 23.4. The molecule has 164 valence electrons. The van der Waals surface area contributed by atoms with Crippen molar-refractivity contribution < 1.29 is 4.79 Å². The number of carbonyl (C=O) groups is 1. The van der Waals surface area contributed by atoms with Gasteiger partial charge in [-0.1, -0.05) is 64.8 Å². The average Bonchev–Trinajstić information content (AvgIpc) is 3.08. The lowest BCUT2D eigenvalue weighted by molar-refractivity contribution is 0.231. The number of amides is 2. The summed E-state index contributed by atoms with van der Waals surface area (Å²) in [6, 6.07) is 13.3. The molecule has 1 heterocycles. The Morgan fingerprint density at radius 1 is 1.13 bits per heavy atom. The smallest absolute Gasteiger partial charge is 0.315 e. The van der Waals surface area contributed by atoms with Crippen molar-refractivity contribution in [1.29, 1.82) is 0 Å². The fourth-order valence-corrected chi connectivity index (χ4v) is 4.18. The Morgan fingerprint density at radius 2 is 1.90 bits per heavy atom. The van der Waals surface area contributed by atoms with E-state index in [1.54, 1.807) is 30.0 Å². The third-order valence-electron chi connectivity index (χ3n) is 4.20. The van der Waals surface area contributed by atoms with Crippen LogP contribution in [-0.2, 0) is 12.3 Å². The van der Waals surface area contributed by atoms with Gasteiger partial charge in [0.05, 0.1) is 17.3 Å². The van der Waals surface area contributed by atoms with Crippen molar-refractivity contribution in [2.24, 2.45) is 0 Å². The first-order chi connectivity index (χ1) is 14.6. The molecule has 0 saturated heterocycles. The molecule has 2 N–H and O–H groups in total. The molecule has 3 rings (SSSR count). The quantitative estimate of drug-likeness (QED) is 0.441. The molecule has 2 aromatic carbocycles. The largest absolute Gasteiger partial charge is 0.334 e. The highest BCUT2D eigenvalue weighted by Crippen LogP contribution is 2.31. The second-order valence-corrected chi connectivity index (χ2v) is 9.95. The van der Waals surface area contributed by atoms with E-state index in [1.165, 1.54) is 11.1 Å². The van der Waals surface area contributed by atoms with E-state index in [9.17, 15) is 4.79 Å². The number of nitrogens with zero attached hydrogens (tertiary/aromatic N) is 3. The maximum atomic E-state index is 12.2. The van der Waals surface area contributed by atoms with E-state index in [0.29, 0.717) is 26.7 Å². The Labute approximate surface area is 196 Å². The van der Waals surface area contributed by atoms with Gasteiger partial charge in [0.1, 0.15) is 0 Å². The lowest BCUT2D eigenvalue weighted by Crippen LogP contribution is -2.46. The number of hydrogen-bond acceptors (Lipinski definition) is 4. The van der Waals surface area contributed by atoms with Gasteiger partial charge in [-0.15, -0.1) is 10.2 Å². The topological polar surface area (TPSA) is 71.8 Å². The third kappa shape index (κ3) is 6.63. The molecule has 0 saturated carbocycles. The summed E-state index contributed by atoms with van der Waals surface area (Å²) in [5.74, 6) is 1.27. The minimum absolute atomic E-state index is 0.183. The molecule has 0 spiro atoms. The molecule has 0 aliphatic rings. The van der Waals surface area contributed by atoms with Gasteiger partial charge in [0.25, 0.3) is 0 Å². The molecule has 0 fully saturated rings. The summed E-state index contributed by atoms with van der Waals surface area (Å²) in [6.45, 7) is 8.00. The van der Waals surface area contributed by atoms with Crippen LogP contribution >= 0.6 is 35.0 Å². The van der Waals surface area contributed by atoms with Crippen molar-refractivity contribution in [2.45, 2.75) is 50.7 Å². The second-order valence-electron chi connectivity index (χ2n) is 8.17. The lowest BCUT2D eigenvalue weighted by Gasteiger charge is -2.20. The van der Waals surface area contributed by atoms with E-state index in [1.807, 2.05) is 31.4 Å². The van der Waals surface area contributed by atoms with Crippen molar-refractivity contribution in [3.05, 3.63) is 69.5 Å². The number of benzene rings is 2. The Kier molecular flexibility index (Phi) is 7.51. The van der Waals surface area contributed by atoms with Crippen LogP contribution in [0.25, 0.3) is 5.69 Å². The number of urea groups is 1. The minimum atomic E-state index is -0.344. The van der Waals surface area contributed by atoms with Gasteiger partial charge in [0, 0.05) is 16.3 Å². The highest BCUT2D eigenvalue weighted by molar-refractivity contribution is 7.98. The second kappa shape index (κ2) is 9.94. The van der Waals surface area contributed by atoms with Crippen LogP contribution in [0.4, 0.5) is 4.79 Å². The van der Waals surface area contributed by atoms with Gasteiger partial charge in [0.15, 0.2) is 11.0 Å². The molecule has 0 atom stereocenters. The lowest BCUT2D eigenvalue weighted by atomic mass is 10.1. The molecule has 0 aliphatic heterocycles. The fourth-order valence-electron chi connectivity index (χ4n) is 2.90. The number of nitrogens with one attached hydrogen (secondary N) is 2. The number of aryl methyl sites for hydroxylation is 1. The summed E-state index contributed by atoms with van der Waals surface area (Å²) in [6.07, 6.45) is 0. The monoisotopic (exact) mass is 477 g/mol. The van der Waals surface area contributed by atoms with Gasteiger partial charge in [-0.05, 0) is 51.5 Å². The number of halogens is 2. The Hall–Kier alpha value is -2.22. The van der Waals surface area contributed by atoms with Gasteiger partial charge in [0.2, 0.25) is 0 Å². The summed E-state index contributed by atoms with van der Waals surface area (Å²) in [7, 11) is 0. The number of thioether (sulfide) groups is 1. The first-order valence-electron chi connectivity index (χ1n) is 9.76. The van der Waals surface area contributed by atoms with Crippen LogP contribution in [0.15, 0.2) is 47.6 Å². The van der Waals surface area contributed by atoms with E-state index in [0.717, 1.165) is 5.75 Å². The van der Waals surface area contributed by atoms with Gasteiger partial charge < -0.3 is 10.6 Å². The average molecular weight is 478 g/mol. The van der Waals surface area contributed by atoms with Gasteiger partial charge in [-0.3, -0.25) is 4.57 Å². The molecular weight excluding hydrogens is 453 g/mol. The summed E-state index contributed by atoms with van der Waals surface area (Å²) in [5, 5.41) is 16.1. The van der Waals surface area contributed by atoms with Crippen molar-refractivity contribution in [1.82, 2.24) is 25.4 Å². The van der Waals surface area contributed by atoms with E-state index < -0.39 is 0 Å². The molecule has 0 bridgehead atoms. The predicted molar refractivity (Wildman–Crippen MR) is 127 cm³/mol. The van der Waals surface area contributed by atoms with Crippen LogP contribution in [0.5, 0.6) is 0 Å². The molecule has 0 radical (unpaired) electrons. The molecule has 9 heteroatoms. The zero-order valence-electron chi connectivity index (χ0n) is 17.9. The first-order valence-corrected chi connectivity index (χ1v) is 11.5. The van der Waals surface area contributed by atoms with Crippen molar-refractivity contribution in [2.75, 3.05) is 0 Å². The molecule has 31 heavy (non-hydrogen) atoms. The normalized spacial score (nSPS) is 11.4. The summed E-state index contributed by atoms with van der Waals surface area (Å²) in [5.41, 5.74) is 2.70. The zero-order valence-corrected chi connectivity index (χ0v) is 20.2. The molecule has 1 aromatic heterocycles. The number of carbonyl (C=O) groups excluding carboxylic acids is 1. The van der Waals surface area contributed by atoms with Crippen molar-refractivity contribution in [3.63, 3.8) is 0 Å². The van der Waals surface area contributed by atoms with Crippen LogP contribution in [0.1, 0.15) is 37.7 Å².